The molecule has 0 saturated carbocycles. The number of halogens is 3. The average molecular weight is 335 g/mol. The number of benzene rings is 1. The lowest BCUT2D eigenvalue weighted by atomic mass is 10.2. The second kappa shape index (κ2) is 8.37. The van der Waals surface area contributed by atoms with Crippen LogP contribution in [0.15, 0.2) is 24.3 Å². The van der Waals surface area contributed by atoms with Crippen molar-refractivity contribution in [3.05, 3.63) is 29.8 Å². The Morgan fingerprint density at radius 2 is 2.04 bits per heavy atom. The Morgan fingerprint density at radius 1 is 1.35 bits per heavy atom. The summed E-state index contributed by atoms with van der Waals surface area (Å²) < 4.78 is 47.3. The monoisotopic (exact) mass is 335 g/mol. The van der Waals surface area contributed by atoms with Crippen molar-refractivity contribution in [2.75, 3.05) is 20.3 Å². The number of carboxylic acid groups (broad SMARTS) is 1. The van der Waals surface area contributed by atoms with E-state index in [1.807, 2.05) is 0 Å². The van der Waals surface area contributed by atoms with Gasteiger partial charge < -0.3 is 19.9 Å². The molecule has 1 atom stereocenters. The predicted octanol–water partition coefficient (Wildman–Crippen LogP) is 1.69. The molecule has 0 aliphatic heterocycles. The third-order valence-corrected chi connectivity index (χ3v) is 2.78. The van der Waals surface area contributed by atoms with Crippen molar-refractivity contribution in [3.63, 3.8) is 0 Å². The van der Waals surface area contributed by atoms with Gasteiger partial charge in [0, 0.05) is 20.1 Å². The lowest BCUT2D eigenvalue weighted by Gasteiger charge is -2.14. The van der Waals surface area contributed by atoms with E-state index in [-0.39, 0.29) is 18.8 Å². The van der Waals surface area contributed by atoms with Gasteiger partial charge in [0.25, 0.3) is 5.91 Å². The lowest BCUT2D eigenvalue weighted by molar-refractivity contribution is -0.142. The first-order chi connectivity index (χ1) is 10.7. The molecule has 0 saturated heterocycles. The zero-order valence-corrected chi connectivity index (χ0v) is 12.2. The summed E-state index contributed by atoms with van der Waals surface area (Å²) in [6, 6.07) is 2.88. The van der Waals surface area contributed by atoms with E-state index >= 15 is 0 Å². The first-order valence-corrected chi connectivity index (χ1v) is 6.55. The minimum Gasteiger partial charge on any atom is -0.484 e. The molecule has 0 aromatic heterocycles. The third kappa shape index (κ3) is 6.55. The standard InChI is InChI=1S/C14H16F3NO5/c1-22-6-5-11(13(20)21)18-12(19)8-23-10-4-2-3-9(7-10)14(15,16)17/h2-4,7,11H,5-6,8H2,1H3,(H,18,19)(H,20,21). The number of alkyl halides is 3. The van der Waals surface area contributed by atoms with E-state index in [9.17, 15) is 22.8 Å². The second-order valence-corrected chi connectivity index (χ2v) is 4.55. The Labute approximate surface area is 130 Å². The van der Waals surface area contributed by atoms with Crippen molar-refractivity contribution in [1.82, 2.24) is 5.32 Å². The molecule has 128 valence electrons. The molecule has 2 N–H and O–H groups in total. The van der Waals surface area contributed by atoms with Crippen LogP contribution >= 0.6 is 0 Å². The van der Waals surface area contributed by atoms with Crippen LogP contribution in [0.1, 0.15) is 12.0 Å². The first-order valence-electron chi connectivity index (χ1n) is 6.55. The summed E-state index contributed by atoms with van der Waals surface area (Å²) in [6.07, 6.45) is -4.46. The van der Waals surface area contributed by atoms with E-state index in [2.05, 4.69) is 5.32 Å². The van der Waals surface area contributed by atoms with Gasteiger partial charge in [-0.2, -0.15) is 13.2 Å². The van der Waals surface area contributed by atoms with Gasteiger partial charge in [0.15, 0.2) is 6.61 Å². The number of nitrogens with one attached hydrogen (secondary N) is 1. The smallest absolute Gasteiger partial charge is 0.416 e. The summed E-state index contributed by atoms with van der Waals surface area (Å²) in [5.41, 5.74) is -0.904. The van der Waals surface area contributed by atoms with Crippen LogP contribution in [-0.4, -0.2) is 43.3 Å². The van der Waals surface area contributed by atoms with Crippen LogP contribution in [0.5, 0.6) is 5.75 Å². The number of methoxy groups -OCH3 is 1. The zero-order valence-electron chi connectivity index (χ0n) is 12.2. The van der Waals surface area contributed by atoms with Crippen molar-refractivity contribution in [3.8, 4) is 5.75 Å². The van der Waals surface area contributed by atoms with Gasteiger partial charge in [0.05, 0.1) is 5.56 Å². The highest BCUT2D eigenvalue weighted by Gasteiger charge is 2.30. The lowest BCUT2D eigenvalue weighted by Crippen LogP contribution is -2.43. The van der Waals surface area contributed by atoms with Crippen molar-refractivity contribution in [2.24, 2.45) is 0 Å². The van der Waals surface area contributed by atoms with Gasteiger partial charge in [-0.25, -0.2) is 4.79 Å². The number of carbonyl (C=O) groups is 2. The molecule has 1 aromatic rings. The maximum Gasteiger partial charge on any atom is 0.416 e. The van der Waals surface area contributed by atoms with Crippen LogP contribution in [0.2, 0.25) is 0 Å². The van der Waals surface area contributed by atoms with Gasteiger partial charge in [-0.1, -0.05) is 6.07 Å². The van der Waals surface area contributed by atoms with Crippen LogP contribution < -0.4 is 10.1 Å². The van der Waals surface area contributed by atoms with E-state index < -0.39 is 36.3 Å². The number of hydrogen-bond acceptors (Lipinski definition) is 4. The number of hydrogen-bond donors (Lipinski definition) is 2. The SMILES string of the molecule is COCCC(NC(=O)COc1cccc(C(F)(F)F)c1)C(=O)O. The van der Waals surface area contributed by atoms with Gasteiger partial charge in [-0.15, -0.1) is 0 Å². The first kappa shape index (κ1) is 18.8. The van der Waals surface area contributed by atoms with Crippen LogP contribution in [0.4, 0.5) is 13.2 Å². The third-order valence-electron chi connectivity index (χ3n) is 2.78. The Balaban J connectivity index is 2.57. The van der Waals surface area contributed by atoms with Crippen LogP contribution in [-0.2, 0) is 20.5 Å². The highest BCUT2D eigenvalue weighted by atomic mass is 19.4. The zero-order chi connectivity index (χ0) is 17.5. The summed E-state index contributed by atoms with van der Waals surface area (Å²) in [4.78, 5) is 22.5. The molecule has 1 amide bonds. The molecule has 0 aliphatic rings. The summed E-state index contributed by atoms with van der Waals surface area (Å²) in [5, 5.41) is 11.1. The van der Waals surface area contributed by atoms with E-state index in [1.165, 1.54) is 13.2 Å². The predicted molar refractivity (Wildman–Crippen MR) is 73.0 cm³/mol. The maximum absolute atomic E-state index is 12.5. The molecule has 1 aromatic carbocycles. The summed E-state index contributed by atoms with van der Waals surface area (Å²) >= 11 is 0. The molecule has 6 nitrogen and oxygen atoms in total. The number of carboxylic acids is 1. The molecule has 1 unspecified atom stereocenters. The van der Waals surface area contributed by atoms with Crippen molar-refractivity contribution in [1.29, 1.82) is 0 Å². The largest absolute Gasteiger partial charge is 0.484 e. The molecule has 9 heteroatoms. The van der Waals surface area contributed by atoms with Crippen LogP contribution in [0, 0.1) is 0 Å². The molecule has 0 radical (unpaired) electrons. The van der Waals surface area contributed by atoms with E-state index in [4.69, 9.17) is 14.6 Å². The number of amides is 1. The molecule has 0 aliphatic carbocycles. The topological polar surface area (TPSA) is 84.9 Å². The number of carbonyl (C=O) groups excluding carboxylic acids is 1. The molecule has 0 fully saturated rings. The fourth-order valence-corrected chi connectivity index (χ4v) is 1.64. The summed E-state index contributed by atoms with van der Waals surface area (Å²) in [5.74, 6) is -2.14. The van der Waals surface area contributed by atoms with Gasteiger partial charge in [0.1, 0.15) is 11.8 Å². The number of ether oxygens (including phenoxy) is 2. The van der Waals surface area contributed by atoms with Crippen LogP contribution in [0.25, 0.3) is 0 Å². The highest BCUT2D eigenvalue weighted by Crippen LogP contribution is 2.31. The van der Waals surface area contributed by atoms with Crippen molar-refractivity contribution < 1.29 is 37.3 Å². The molecule has 0 bridgehead atoms. The minimum absolute atomic E-state index is 0.0567. The van der Waals surface area contributed by atoms with Crippen LogP contribution in [0.3, 0.4) is 0 Å². The normalized spacial score (nSPS) is 12.5. The molecule has 1 rings (SSSR count). The van der Waals surface area contributed by atoms with Gasteiger partial charge in [-0.3, -0.25) is 4.79 Å². The quantitative estimate of drug-likeness (QED) is 0.755. The Morgan fingerprint density at radius 3 is 2.61 bits per heavy atom. The second-order valence-electron chi connectivity index (χ2n) is 4.55. The van der Waals surface area contributed by atoms with E-state index in [1.54, 1.807) is 0 Å². The molecule has 0 heterocycles. The Bertz CT molecular complexity index is 547. The fraction of sp³-hybridized carbons (Fsp3) is 0.429. The maximum atomic E-state index is 12.5. The van der Waals surface area contributed by atoms with Crippen molar-refractivity contribution in [2.45, 2.75) is 18.6 Å². The van der Waals surface area contributed by atoms with E-state index in [0.29, 0.717) is 0 Å². The van der Waals surface area contributed by atoms with E-state index in [0.717, 1.165) is 18.2 Å². The molecule has 0 spiro atoms. The van der Waals surface area contributed by atoms with Gasteiger partial charge >= 0.3 is 12.1 Å². The Kier molecular flexibility index (Phi) is 6.83. The molecular weight excluding hydrogens is 319 g/mol. The molecular formula is C14H16F3NO5. The Hall–Kier alpha value is -2.29. The number of rotatable bonds is 8. The average Bonchev–Trinajstić information content (AvgIpc) is 2.48. The van der Waals surface area contributed by atoms with Gasteiger partial charge in [-0.05, 0) is 18.2 Å². The van der Waals surface area contributed by atoms with Gasteiger partial charge in [0.2, 0.25) is 0 Å². The van der Waals surface area contributed by atoms with Crippen molar-refractivity contribution >= 4 is 11.9 Å². The number of aliphatic carboxylic acids is 1. The molecule has 23 heavy (non-hydrogen) atoms. The summed E-state index contributed by atoms with van der Waals surface area (Å²) in [7, 11) is 1.39. The highest BCUT2D eigenvalue weighted by molar-refractivity contribution is 5.84. The minimum atomic E-state index is -4.52. The fourth-order valence-electron chi connectivity index (χ4n) is 1.64. The summed E-state index contributed by atoms with van der Waals surface area (Å²) in [6.45, 7) is -0.468.